The number of hydrogen-bond donors (Lipinski definition) is 4. The molecule has 0 unspecified atom stereocenters. The molecule has 1 aromatic heterocycles. The minimum atomic E-state index is -5.08. The molecule has 4 rings (SSSR count). The van der Waals surface area contributed by atoms with Crippen LogP contribution in [0.1, 0.15) is 52.8 Å². The predicted octanol–water partition coefficient (Wildman–Crippen LogP) is 3.63. The Bertz CT molecular complexity index is 1480. The molecule has 11 nitrogen and oxygen atoms in total. The molecule has 0 fully saturated rings. The highest BCUT2D eigenvalue weighted by Gasteiger charge is 2.38. The summed E-state index contributed by atoms with van der Waals surface area (Å²) in [6.07, 6.45) is -2.29. The van der Waals surface area contributed by atoms with Crippen molar-refractivity contribution in [3.63, 3.8) is 0 Å². The van der Waals surface area contributed by atoms with Gasteiger partial charge in [0.15, 0.2) is 0 Å². The number of rotatable bonds is 7. The first-order chi connectivity index (χ1) is 20.2. The number of methoxy groups -OCH3 is 1. The van der Waals surface area contributed by atoms with Crippen molar-refractivity contribution in [2.45, 2.75) is 32.0 Å². The molecule has 0 spiro atoms. The molecule has 2 amide bonds. The number of aryl methyl sites for hydroxylation is 1. The van der Waals surface area contributed by atoms with Gasteiger partial charge in [0.1, 0.15) is 11.4 Å². The number of alkyl halides is 3. The zero-order chi connectivity index (χ0) is 32.3. The van der Waals surface area contributed by atoms with E-state index in [1.165, 1.54) is 23.3 Å². The summed E-state index contributed by atoms with van der Waals surface area (Å²) < 4.78 is 36.4. The van der Waals surface area contributed by atoms with Crippen molar-refractivity contribution in [2.75, 3.05) is 18.6 Å². The number of halogens is 3. The van der Waals surface area contributed by atoms with Crippen molar-refractivity contribution >= 4 is 46.7 Å². The Kier molecular flexibility index (Phi) is 12.4. The second-order valence-electron chi connectivity index (χ2n) is 8.75. The van der Waals surface area contributed by atoms with Gasteiger partial charge in [0.05, 0.1) is 12.7 Å². The SMILES string of the molecule is COC(=O)c1c(C(N)=O)sc2c1CCC2.NCc1cccc(C(=O)N(CC(=O)O)c2ccccc2)c1.O=C(O)C(F)(F)F. The van der Waals surface area contributed by atoms with Gasteiger partial charge < -0.3 is 26.4 Å². The van der Waals surface area contributed by atoms with Crippen molar-refractivity contribution in [3.8, 4) is 0 Å². The van der Waals surface area contributed by atoms with Gasteiger partial charge in [-0.1, -0.05) is 30.3 Å². The highest BCUT2D eigenvalue weighted by molar-refractivity contribution is 7.14. The molecular weight excluding hydrogens is 595 g/mol. The number of carboxylic acid groups (broad SMARTS) is 2. The van der Waals surface area contributed by atoms with E-state index in [2.05, 4.69) is 4.74 Å². The molecule has 3 aromatic rings. The van der Waals surface area contributed by atoms with Gasteiger partial charge in [-0.3, -0.25) is 19.3 Å². The average Bonchev–Trinajstić information content (AvgIpc) is 3.58. The van der Waals surface area contributed by atoms with E-state index in [1.807, 2.05) is 12.1 Å². The van der Waals surface area contributed by atoms with Gasteiger partial charge in [-0.25, -0.2) is 9.59 Å². The first-order valence-corrected chi connectivity index (χ1v) is 13.2. The lowest BCUT2D eigenvalue weighted by Crippen LogP contribution is -2.35. The molecule has 230 valence electrons. The minimum absolute atomic E-state index is 0.325. The summed E-state index contributed by atoms with van der Waals surface area (Å²) in [5.74, 6) is -5.19. The number of hydrogen-bond acceptors (Lipinski definition) is 8. The quantitative estimate of drug-likeness (QED) is 0.285. The average molecular weight is 624 g/mol. The van der Waals surface area contributed by atoms with Gasteiger partial charge in [0.25, 0.3) is 11.8 Å². The Morgan fingerprint density at radius 3 is 2.14 bits per heavy atom. The van der Waals surface area contributed by atoms with Crippen LogP contribution < -0.4 is 16.4 Å². The van der Waals surface area contributed by atoms with Crippen molar-refractivity contribution in [2.24, 2.45) is 11.5 Å². The highest BCUT2D eigenvalue weighted by atomic mass is 32.1. The molecule has 0 aliphatic heterocycles. The maximum absolute atomic E-state index is 12.6. The zero-order valence-corrected chi connectivity index (χ0v) is 23.5. The molecule has 1 aliphatic carbocycles. The van der Waals surface area contributed by atoms with E-state index in [-0.39, 0.29) is 5.91 Å². The number of primary amides is 1. The molecule has 0 saturated heterocycles. The monoisotopic (exact) mass is 623 g/mol. The van der Waals surface area contributed by atoms with Gasteiger partial charge >= 0.3 is 24.1 Å². The lowest BCUT2D eigenvalue weighted by molar-refractivity contribution is -0.192. The topological polar surface area (TPSA) is 190 Å². The second kappa shape index (κ2) is 15.5. The molecule has 0 atom stereocenters. The molecule has 0 radical (unpaired) electrons. The Morgan fingerprint density at radius 1 is 1.00 bits per heavy atom. The minimum Gasteiger partial charge on any atom is -0.480 e. The van der Waals surface area contributed by atoms with E-state index >= 15 is 0 Å². The highest BCUT2D eigenvalue weighted by Crippen LogP contribution is 2.35. The van der Waals surface area contributed by atoms with Crippen LogP contribution in [-0.4, -0.2) is 59.8 Å². The van der Waals surface area contributed by atoms with Gasteiger partial charge in [-0.2, -0.15) is 13.2 Å². The Balaban J connectivity index is 0.000000255. The van der Waals surface area contributed by atoms with Crippen LogP contribution >= 0.6 is 11.3 Å². The standard InChI is InChI=1S/C16H16N2O3.C10H11NO3S.C2HF3O2/c17-10-12-5-4-6-13(9-12)16(21)18(11-15(19)20)14-7-2-1-3-8-14;1-14-10(13)7-5-3-2-4-6(5)15-8(7)9(11)12;3-2(4,5)1(6)7/h1-9H,10-11,17H2,(H,19,20);2-4H2,1H3,(H2,11,12);(H,6,7). The van der Waals surface area contributed by atoms with Crippen LogP contribution in [0.2, 0.25) is 0 Å². The van der Waals surface area contributed by atoms with Crippen LogP contribution in [0.3, 0.4) is 0 Å². The molecule has 1 aliphatic rings. The maximum atomic E-state index is 12.6. The lowest BCUT2D eigenvalue weighted by Gasteiger charge is -2.21. The first kappa shape index (κ1) is 34.4. The Morgan fingerprint density at radius 2 is 1.63 bits per heavy atom. The van der Waals surface area contributed by atoms with Crippen LogP contribution in [0.15, 0.2) is 54.6 Å². The number of aliphatic carboxylic acids is 2. The summed E-state index contributed by atoms with van der Waals surface area (Å²) in [7, 11) is 1.31. The largest absolute Gasteiger partial charge is 0.490 e. The molecule has 1 heterocycles. The summed E-state index contributed by atoms with van der Waals surface area (Å²) in [5.41, 5.74) is 13.9. The van der Waals surface area contributed by atoms with Crippen molar-refractivity contribution in [1.82, 2.24) is 0 Å². The smallest absolute Gasteiger partial charge is 0.480 e. The van der Waals surface area contributed by atoms with E-state index in [1.54, 1.807) is 42.5 Å². The number of esters is 1. The number of fused-ring (bicyclic) bond motifs is 1. The van der Waals surface area contributed by atoms with Crippen LogP contribution in [0.25, 0.3) is 0 Å². The molecule has 43 heavy (non-hydrogen) atoms. The fourth-order valence-corrected chi connectivity index (χ4v) is 5.14. The van der Waals surface area contributed by atoms with Gasteiger partial charge in [0, 0.05) is 22.7 Å². The maximum Gasteiger partial charge on any atom is 0.490 e. The van der Waals surface area contributed by atoms with E-state index in [9.17, 15) is 32.3 Å². The van der Waals surface area contributed by atoms with E-state index in [4.69, 9.17) is 26.5 Å². The Hall–Kier alpha value is -4.76. The summed E-state index contributed by atoms with van der Waals surface area (Å²) in [6, 6.07) is 15.6. The number of carbonyl (C=O) groups is 5. The second-order valence-corrected chi connectivity index (χ2v) is 9.85. The van der Waals surface area contributed by atoms with Crippen LogP contribution in [-0.2, 0) is 33.7 Å². The number of ether oxygens (including phenoxy) is 1. The van der Waals surface area contributed by atoms with E-state index in [0.717, 1.165) is 35.3 Å². The molecule has 15 heteroatoms. The van der Waals surface area contributed by atoms with Crippen LogP contribution in [0.4, 0.5) is 18.9 Å². The molecule has 0 saturated carbocycles. The van der Waals surface area contributed by atoms with Crippen molar-refractivity contribution in [3.05, 3.63) is 86.6 Å². The number of anilines is 1. The summed E-state index contributed by atoms with van der Waals surface area (Å²) in [4.78, 5) is 57.9. The first-order valence-electron chi connectivity index (χ1n) is 12.4. The number of para-hydroxylation sites is 1. The van der Waals surface area contributed by atoms with E-state index < -0.39 is 36.5 Å². The summed E-state index contributed by atoms with van der Waals surface area (Å²) in [6.45, 7) is -0.0684. The molecule has 6 N–H and O–H groups in total. The molecule has 0 bridgehead atoms. The van der Waals surface area contributed by atoms with E-state index in [0.29, 0.717) is 28.2 Å². The van der Waals surface area contributed by atoms with Crippen molar-refractivity contribution < 1.29 is 52.1 Å². The number of benzene rings is 2. The van der Waals surface area contributed by atoms with Crippen molar-refractivity contribution in [1.29, 1.82) is 0 Å². The normalized spacial score (nSPS) is 11.6. The molecular formula is C28H28F3N3O8S. The lowest BCUT2D eigenvalue weighted by atomic mass is 10.1. The van der Waals surface area contributed by atoms with Gasteiger partial charge in [0.2, 0.25) is 0 Å². The number of amides is 2. The zero-order valence-electron chi connectivity index (χ0n) is 22.7. The third-order valence-corrected chi connectivity index (χ3v) is 7.10. The third kappa shape index (κ3) is 9.65. The number of nitrogens with two attached hydrogens (primary N) is 2. The third-order valence-electron chi connectivity index (χ3n) is 5.79. The Labute approximate surface area is 247 Å². The number of thiophene rings is 1. The number of carbonyl (C=O) groups excluding carboxylic acids is 3. The van der Waals surface area contributed by atoms with Crippen LogP contribution in [0.5, 0.6) is 0 Å². The number of nitrogens with zero attached hydrogens (tertiary/aromatic N) is 1. The van der Waals surface area contributed by atoms with Gasteiger partial charge in [-0.15, -0.1) is 11.3 Å². The van der Waals surface area contributed by atoms with Crippen LogP contribution in [0, 0.1) is 0 Å². The number of carboxylic acids is 2. The summed E-state index contributed by atoms with van der Waals surface area (Å²) in [5, 5.41) is 16.2. The van der Waals surface area contributed by atoms with Gasteiger partial charge in [-0.05, 0) is 54.7 Å². The predicted molar refractivity (Wildman–Crippen MR) is 150 cm³/mol. The fourth-order valence-electron chi connectivity index (χ4n) is 3.91. The fraction of sp³-hybridized carbons (Fsp3) is 0.250. The molecule has 2 aromatic carbocycles. The summed E-state index contributed by atoms with van der Waals surface area (Å²) >= 11 is 1.33.